The van der Waals surface area contributed by atoms with Gasteiger partial charge in [-0.05, 0) is 60.5 Å². The van der Waals surface area contributed by atoms with Crippen molar-refractivity contribution in [3.63, 3.8) is 0 Å². The highest BCUT2D eigenvalue weighted by molar-refractivity contribution is 9.10. The maximum absolute atomic E-state index is 12.5. The van der Waals surface area contributed by atoms with Crippen LogP contribution in [0.25, 0.3) is 0 Å². The van der Waals surface area contributed by atoms with Gasteiger partial charge in [0.1, 0.15) is 5.75 Å². The Morgan fingerprint density at radius 3 is 2.50 bits per heavy atom. The lowest BCUT2D eigenvalue weighted by Gasteiger charge is -2.13. The predicted octanol–water partition coefficient (Wildman–Crippen LogP) is 4.27. The van der Waals surface area contributed by atoms with Gasteiger partial charge in [-0.2, -0.15) is 0 Å². The van der Waals surface area contributed by atoms with Crippen LogP contribution in [0.4, 0.5) is 5.69 Å². The number of aryl methyl sites for hydroxylation is 2. The molecule has 0 heterocycles. The summed E-state index contributed by atoms with van der Waals surface area (Å²) in [6.45, 7) is 6.15. The van der Waals surface area contributed by atoms with E-state index in [-0.39, 0.29) is 4.90 Å². The third-order valence-electron chi connectivity index (χ3n) is 3.14. The minimum Gasteiger partial charge on any atom is -0.493 e. The number of anilines is 1. The minimum absolute atomic E-state index is 0.166. The number of hydrogen-bond acceptors (Lipinski definition) is 3. The maximum atomic E-state index is 12.5. The van der Waals surface area contributed by atoms with Crippen LogP contribution >= 0.6 is 15.9 Å². The molecule has 2 aromatic rings. The fourth-order valence-corrected chi connectivity index (χ4v) is 3.56. The van der Waals surface area contributed by atoms with E-state index in [2.05, 4.69) is 20.7 Å². The fourth-order valence-electron chi connectivity index (χ4n) is 2.05. The number of rotatable bonds is 5. The molecule has 0 atom stereocenters. The van der Waals surface area contributed by atoms with Crippen molar-refractivity contribution in [3.05, 3.63) is 52.0 Å². The van der Waals surface area contributed by atoms with Gasteiger partial charge < -0.3 is 4.74 Å². The van der Waals surface area contributed by atoms with Crippen LogP contribution in [-0.2, 0) is 10.0 Å². The smallest absolute Gasteiger partial charge is 0.262 e. The van der Waals surface area contributed by atoms with Crippen LogP contribution in [0.15, 0.2) is 45.8 Å². The third kappa shape index (κ3) is 3.81. The molecule has 22 heavy (non-hydrogen) atoms. The Bertz CT molecular complexity index is 788. The number of hydrogen-bond donors (Lipinski definition) is 1. The molecule has 0 aliphatic carbocycles. The molecule has 2 rings (SSSR count). The van der Waals surface area contributed by atoms with Gasteiger partial charge in [0.15, 0.2) is 0 Å². The molecule has 0 aliphatic heterocycles. The maximum Gasteiger partial charge on any atom is 0.262 e. The second-order valence-corrected chi connectivity index (χ2v) is 7.49. The molecule has 0 saturated carbocycles. The van der Waals surface area contributed by atoms with E-state index in [1.54, 1.807) is 18.2 Å². The van der Waals surface area contributed by atoms with Crippen molar-refractivity contribution in [2.24, 2.45) is 0 Å². The molecule has 0 spiro atoms. The Balaban J connectivity index is 2.36. The molecule has 0 aliphatic rings. The van der Waals surface area contributed by atoms with Gasteiger partial charge in [0.2, 0.25) is 0 Å². The molecule has 2 aromatic carbocycles. The molecule has 4 nitrogen and oxygen atoms in total. The molecule has 0 saturated heterocycles. The average Bonchev–Trinajstić information content (AvgIpc) is 2.44. The summed E-state index contributed by atoms with van der Waals surface area (Å²) in [6.07, 6.45) is 0. The summed E-state index contributed by atoms with van der Waals surface area (Å²) >= 11 is 3.34. The Morgan fingerprint density at radius 2 is 1.86 bits per heavy atom. The molecule has 0 aromatic heterocycles. The average molecular weight is 384 g/mol. The lowest BCUT2D eigenvalue weighted by Crippen LogP contribution is -2.14. The molecule has 0 unspecified atom stereocenters. The van der Waals surface area contributed by atoms with Gasteiger partial charge in [-0.25, -0.2) is 8.42 Å². The van der Waals surface area contributed by atoms with Gasteiger partial charge in [-0.15, -0.1) is 0 Å². The highest BCUT2D eigenvalue weighted by Gasteiger charge is 2.17. The van der Waals surface area contributed by atoms with Gasteiger partial charge in [-0.1, -0.05) is 17.7 Å². The zero-order valence-electron chi connectivity index (χ0n) is 12.7. The molecule has 0 amide bonds. The third-order valence-corrected chi connectivity index (χ3v) is 5.16. The Hall–Kier alpha value is -1.53. The quantitative estimate of drug-likeness (QED) is 0.838. The summed E-state index contributed by atoms with van der Waals surface area (Å²) in [5.74, 6) is 0.506. The highest BCUT2D eigenvalue weighted by atomic mass is 79.9. The van der Waals surface area contributed by atoms with Crippen LogP contribution in [0.3, 0.4) is 0 Å². The topological polar surface area (TPSA) is 55.4 Å². The van der Waals surface area contributed by atoms with Gasteiger partial charge in [0.05, 0.1) is 21.7 Å². The number of ether oxygens (including phenoxy) is 1. The molecule has 118 valence electrons. The normalized spacial score (nSPS) is 11.3. The number of halogens is 1. The van der Waals surface area contributed by atoms with Crippen LogP contribution in [0.5, 0.6) is 5.75 Å². The first-order valence-electron chi connectivity index (χ1n) is 6.86. The van der Waals surface area contributed by atoms with Gasteiger partial charge in [-0.3, -0.25) is 4.72 Å². The van der Waals surface area contributed by atoms with Crippen molar-refractivity contribution in [3.8, 4) is 5.75 Å². The molecule has 0 fully saturated rings. The molecular weight excluding hydrogens is 366 g/mol. The lowest BCUT2D eigenvalue weighted by molar-refractivity contribution is 0.337. The summed E-state index contributed by atoms with van der Waals surface area (Å²) < 4.78 is 33.8. The summed E-state index contributed by atoms with van der Waals surface area (Å²) in [7, 11) is -3.66. The molecule has 0 radical (unpaired) electrons. The van der Waals surface area contributed by atoms with Crippen molar-refractivity contribution >= 4 is 31.6 Å². The second-order valence-electron chi connectivity index (χ2n) is 4.95. The summed E-state index contributed by atoms with van der Waals surface area (Å²) in [6, 6.07) is 10.3. The van der Waals surface area contributed by atoms with E-state index in [0.29, 0.717) is 18.0 Å². The summed E-state index contributed by atoms with van der Waals surface area (Å²) in [5.41, 5.74) is 2.54. The zero-order valence-corrected chi connectivity index (χ0v) is 15.1. The van der Waals surface area contributed by atoms with Crippen molar-refractivity contribution in [2.45, 2.75) is 25.7 Å². The van der Waals surface area contributed by atoms with Crippen molar-refractivity contribution in [1.82, 2.24) is 0 Å². The highest BCUT2D eigenvalue weighted by Crippen LogP contribution is 2.29. The van der Waals surface area contributed by atoms with Crippen LogP contribution in [0, 0.1) is 13.8 Å². The van der Waals surface area contributed by atoms with Crippen LogP contribution in [-0.4, -0.2) is 15.0 Å². The largest absolute Gasteiger partial charge is 0.493 e. The van der Waals surface area contributed by atoms with E-state index < -0.39 is 10.0 Å². The lowest BCUT2D eigenvalue weighted by atomic mass is 10.1. The fraction of sp³-hybridized carbons (Fsp3) is 0.250. The van der Waals surface area contributed by atoms with E-state index in [1.807, 2.05) is 32.9 Å². The Morgan fingerprint density at radius 1 is 1.14 bits per heavy atom. The standard InChI is InChI=1S/C16H18BrNO3S/c1-4-21-16-10-13(6-7-14(16)17)22(19,20)18-15-8-5-11(2)9-12(15)3/h5-10,18H,4H2,1-3H3. The molecular formula is C16H18BrNO3S. The molecule has 0 bridgehead atoms. The minimum atomic E-state index is -3.66. The van der Waals surface area contributed by atoms with Crippen molar-refractivity contribution in [2.75, 3.05) is 11.3 Å². The van der Waals surface area contributed by atoms with E-state index in [9.17, 15) is 8.42 Å². The zero-order chi connectivity index (χ0) is 16.3. The summed E-state index contributed by atoms with van der Waals surface area (Å²) in [5, 5.41) is 0. The monoisotopic (exact) mass is 383 g/mol. The number of sulfonamides is 1. The number of nitrogens with one attached hydrogen (secondary N) is 1. The first-order valence-corrected chi connectivity index (χ1v) is 9.13. The van der Waals surface area contributed by atoms with E-state index >= 15 is 0 Å². The van der Waals surface area contributed by atoms with Crippen LogP contribution in [0.1, 0.15) is 18.1 Å². The summed E-state index contributed by atoms with van der Waals surface area (Å²) in [4.78, 5) is 0.166. The van der Waals surface area contributed by atoms with Crippen molar-refractivity contribution < 1.29 is 13.2 Å². The van der Waals surface area contributed by atoms with E-state index in [1.165, 1.54) is 6.07 Å². The SMILES string of the molecule is CCOc1cc(S(=O)(=O)Nc2ccc(C)cc2C)ccc1Br. The molecule has 6 heteroatoms. The number of benzene rings is 2. The second kappa shape index (κ2) is 6.71. The first kappa shape index (κ1) is 16.8. The first-order chi connectivity index (χ1) is 10.3. The molecule has 1 N–H and O–H groups in total. The van der Waals surface area contributed by atoms with Gasteiger partial charge in [0.25, 0.3) is 10.0 Å². The van der Waals surface area contributed by atoms with Gasteiger partial charge >= 0.3 is 0 Å². The van der Waals surface area contributed by atoms with Crippen molar-refractivity contribution in [1.29, 1.82) is 0 Å². The van der Waals surface area contributed by atoms with E-state index in [0.717, 1.165) is 15.6 Å². The van der Waals surface area contributed by atoms with Crippen LogP contribution in [0.2, 0.25) is 0 Å². The van der Waals surface area contributed by atoms with Crippen LogP contribution < -0.4 is 9.46 Å². The Kier molecular flexibility index (Phi) is 5.13. The Labute approximate surface area is 139 Å². The van der Waals surface area contributed by atoms with E-state index in [4.69, 9.17) is 4.74 Å². The van der Waals surface area contributed by atoms with Gasteiger partial charge in [0, 0.05) is 6.07 Å². The predicted molar refractivity (Wildman–Crippen MR) is 92.0 cm³/mol.